The molecule has 1 heterocycles. The average Bonchev–Trinajstić information content (AvgIpc) is 2.86. The number of benzene rings is 1. The second-order valence-corrected chi connectivity index (χ2v) is 8.96. The topological polar surface area (TPSA) is 20.3 Å². The summed E-state index contributed by atoms with van der Waals surface area (Å²) in [5.41, 5.74) is 0.978. The Morgan fingerprint density at radius 2 is 1.54 bits per heavy atom. The van der Waals surface area contributed by atoms with E-state index in [0.717, 1.165) is 23.4 Å². The van der Waals surface area contributed by atoms with Crippen LogP contribution < -0.4 is 0 Å². The van der Waals surface area contributed by atoms with Crippen LogP contribution in [0.15, 0.2) is 17.0 Å². The second kappa shape index (κ2) is 10.8. The summed E-state index contributed by atoms with van der Waals surface area (Å²) in [6.45, 7) is 3.80. The first kappa shape index (κ1) is 20.2. The van der Waals surface area contributed by atoms with Crippen LogP contribution in [0, 0.1) is 0 Å². The number of hydrogen-bond acceptors (Lipinski definition) is 1. The number of nitrogens with zero attached hydrogens (tertiary/aromatic N) is 1. The van der Waals surface area contributed by atoms with Gasteiger partial charge >= 0.3 is 0 Å². The Kier molecular flexibility index (Phi) is 9.10. The van der Waals surface area contributed by atoms with Gasteiger partial charge in [0.2, 0.25) is 0 Å². The molecule has 2 rings (SSSR count). The van der Waals surface area contributed by atoms with Crippen LogP contribution in [-0.4, -0.2) is 15.1 Å². The van der Waals surface area contributed by atoms with Gasteiger partial charge in [-0.25, -0.2) is 8.51 Å². The summed E-state index contributed by atoms with van der Waals surface area (Å²) in [5, 5.41) is 1.20. The normalized spacial score (nSPS) is 17.4. The quantitative estimate of drug-likeness (QED) is 0.383. The summed E-state index contributed by atoms with van der Waals surface area (Å²) < 4.78 is 14.5. The fourth-order valence-corrected chi connectivity index (χ4v) is 5.31. The van der Waals surface area contributed by atoms with Crippen molar-refractivity contribution in [2.24, 2.45) is 0 Å². The summed E-state index contributed by atoms with van der Waals surface area (Å²) in [6, 6.07) is 3.53. The highest BCUT2D eigenvalue weighted by atomic mass is 35.5. The molecule has 1 aromatic rings. The summed E-state index contributed by atoms with van der Waals surface area (Å²) in [4.78, 5) is 0.791. The summed E-state index contributed by atoms with van der Waals surface area (Å²) in [7, 11) is -1.11. The first-order valence-electron chi connectivity index (χ1n) is 9.28. The zero-order valence-electron chi connectivity index (χ0n) is 14.7. The molecule has 1 atom stereocenters. The number of rotatable bonds is 11. The van der Waals surface area contributed by atoms with E-state index in [9.17, 15) is 4.21 Å². The van der Waals surface area contributed by atoms with E-state index in [1.165, 1.54) is 57.8 Å². The molecular formula is C19H29Cl2NOS. The maximum absolute atomic E-state index is 12.5. The maximum atomic E-state index is 12.5. The predicted octanol–water partition coefficient (Wildman–Crippen LogP) is 6.75. The molecule has 0 aliphatic carbocycles. The molecule has 0 bridgehead atoms. The van der Waals surface area contributed by atoms with E-state index in [1.54, 1.807) is 12.1 Å². The smallest absolute Gasteiger partial charge is 0.128 e. The van der Waals surface area contributed by atoms with Crippen molar-refractivity contribution < 1.29 is 4.21 Å². The van der Waals surface area contributed by atoms with Gasteiger partial charge in [-0.2, -0.15) is 0 Å². The minimum atomic E-state index is -1.11. The third-order valence-corrected chi connectivity index (χ3v) is 6.71. The van der Waals surface area contributed by atoms with Crippen molar-refractivity contribution in [2.75, 3.05) is 6.54 Å². The Balaban J connectivity index is 1.59. The molecule has 24 heavy (non-hydrogen) atoms. The fourth-order valence-electron chi connectivity index (χ4n) is 3.20. The monoisotopic (exact) mass is 389 g/mol. The predicted molar refractivity (Wildman–Crippen MR) is 105 cm³/mol. The lowest BCUT2D eigenvalue weighted by Crippen LogP contribution is -2.20. The lowest BCUT2D eigenvalue weighted by molar-refractivity contribution is 0.431. The molecule has 136 valence electrons. The average molecular weight is 390 g/mol. The van der Waals surface area contributed by atoms with Gasteiger partial charge < -0.3 is 0 Å². The van der Waals surface area contributed by atoms with E-state index in [-0.39, 0.29) is 0 Å². The van der Waals surface area contributed by atoms with Gasteiger partial charge in [0.25, 0.3) is 0 Å². The highest BCUT2D eigenvalue weighted by Crippen LogP contribution is 2.35. The molecule has 0 saturated carbocycles. The van der Waals surface area contributed by atoms with Gasteiger partial charge in [0.05, 0.1) is 4.90 Å². The molecule has 5 heteroatoms. The van der Waals surface area contributed by atoms with E-state index in [4.69, 9.17) is 23.2 Å². The molecule has 1 aliphatic heterocycles. The lowest BCUT2D eigenvalue weighted by Gasteiger charge is -2.13. The fraction of sp³-hybridized carbons (Fsp3) is 0.684. The van der Waals surface area contributed by atoms with E-state index >= 15 is 0 Å². The Bertz CT molecular complexity index is 550. The molecule has 0 saturated heterocycles. The van der Waals surface area contributed by atoms with Crippen LogP contribution in [-0.2, 0) is 17.5 Å². The van der Waals surface area contributed by atoms with Gasteiger partial charge in [0, 0.05) is 28.7 Å². The molecular weight excluding hydrogens is 361 g/mol. The van der Waals surface area contributed by atoms with Crippen LogP contribution in [0.4, 0.5) is 0 Å². The minimum absolute atomic E-state index is 0.563. The first-order valence-corrected chi connectivity index (χ1v) is 11.1. The third kappa shape index (κ3) is 6.01. The second-order valence-electron chi connectivity index (χ2n) is 6.66. The van der Waals surface area contributed by atoms with Gasteiger partial charge in [-0.05, 0) is 18.6 Å². The zero-order chi connectivity index (χ0) is 17.4. The van der Waals surface area contributed by atoms with E-state index in [1.807, 2.05) is 4.31 Å². The molecule has 0 N–H and O–H groups in total. The zero-order valence-corrected chi connectivity index (χ0v) is 17.0. The van der Waals surface area contributed by atoms with Crippen molar-refractivity contribution in [3.8, 4) is 0 Å². The highest BCUT2D eigenvalue weighted by Gasteiger charge is 2.28. The molecule has 1 aliphatic rings. The summed E-state index contributed by atoms with van der Waals surface area (Å²) in [5.74, 6) is 0. The Morgan fingerprint density at radius 3 is 2.17 bits per heavy atom. The van der Waals surface area contributed by atoms with Crippen LogP contribution in [0.1, 0.15) is 76.7 Å². The summed E-state index contributed by atoms with van der Waals surface area (Å²) >= 11 is 12.2. The van der Waals surface area contributed by atoms with E-state index in [0.29, 0.717) is 16.6 Å². The van der Waals surface area contributed by atoms with Crippen molar-refractivity contribution in [1.29, 1.82) is 0 Å². The molecule has 1 aromatic carbocycles. The van der Waals surface area contributed by atoms with Gasteiger partial charge in [0.1, 0.15) is 11.0 Å². The molecule has 0 radical (unpaired) electrons. The van der Waals surface area contributed by atoms with Crippen molar-refractivity contribution in [3.63, 3.8) is 0 Å². The number of unbranched alkanes of at least 4 members (excludes halogenated alkanes) is 9. The Labute approximate surface area is 159 Å². The van der Waals surface area contributed by atoms with Gasteiger partial charge in [-0.1, -0.05) is 87.9 Å². The van der Waals surface area contributed by atoms with Crippen LogP contribution in [0.3, 0.4) is 0 Å². The molecule has 2 nitrogen and oxygen atoms in total. The SMILES string of the molecule is CCCCCCCCCCCCN1Cc2c(Cl)cc(Cl)cc2S1=O. The van der Waals surface area contributed by atoms with Gasteiger partial charge in [0.15, 0.2) is 0 Å². The van der Waals surface area contributed by atoms with Gasteiger partial charge in [-0.3, -0.25) is 0 Å². The van der Waals surface area contributed by atoms with Crippen molar-refractivity contribution in [2.45, 2.75) is 82.6 Å². The van der Waals surface area contributed by atoms with Crippen LogP contribution >= 0.6 is 23.2 Å². The largest absolute Gasteiger partial charge is 0.237 e. The van der Waals surface area contributed by atoms with Crippen molar-refractivity contribution in [1.82, 2.24) is 4.31 Å². The van der Waals surface area contributed by atoms with Crippen molar-refractivity contribution in [3.05, 3.63) is 27.7 Å². The number of fused-ring (bicyclic) bond motifs is 1. The van der Waals surface area contributed by atoms with E-state index < -0.39 is 11.0 Å². The standard InChI is InChI=1S/C19H29Cl2NOS/c1-2-3-4-5-6-7-8-9-10-11-12-22-15-17-18(21)13-16(20)14-19(17)24(22)23/h13-14H,2-12,15H2,1H3. The number of hydrogen-bond donors (Lipinski definition) is 0. The molecule has 0 amide bonds. The molecule has 0 spiro atoms. The first-order chi connectivity index (χ1) is 11.6. The molecule has 1 unspecified atom stereocenters. The molecule has 0 fully saturated rings. The van der Waals surface area contributed by atoms with Gasteiger partial charge in [-0.15, -0.1) is 0 Å². The van der Waals surface area contributed by atoms with Crippen LogP contribution in [0.2, 0.25) is 10.0 Å². The minimum Gasteiger partial charge on any atom is -0.237 e. The number of halogens is 2. The maximum Gasteiger partial charge on any atom is 0.128 e. The molecule has 0 aromatic heterocycles. The third-order valence-electron chi connectivity index (χ3n) is 4.64. The Morgan fingerprint density at radius 1 is 0.958 bits per heavy atom. The van der Waals surface area contributed by atoms with E-state index in [2.05, 4.69) is 6.92 Å². The highest BCUT2D eigenvalue weighted by molar-refractivity contribution is 7.83. The van der Waals surface area contributed by atoms with Crippen molar-refractivity contribution >= 4 is 34.2 Å². The van der Waals surface area contributed by atoms with Crippen LogP contribution in [0.5, 0.6) is 0 Å². The Hall–Kier alpha value is -0.0900. The van der Waals surface area contributed by atoms with Crippen LogP contribution in [0.25, 0.3) is 0 Å². The lowest BCUT2D eigenvalue weighted by atomic mass is 10.1. The summed E-state index contributed by atoms with van der Waals surface area (Å²) in [6.07, 6.45) is 13.2.